The highest BCUT2D eigenvalue weighted by Crippen LogP contribution is 2.37. The third kappa shape index (κ3) is 2.95. The molecule has 0 saturated heterocycles. The second-order valence-electron chi connectivity index (χ2n) is 6.65. The van der Waals surface area contributed by atoms with Gasteiger partial charge in [-0.1, -0.05) is 0 Å². The number of alkyl halides is 2. The third-order valence-electron chi connectivity index (χ3n) is 5.14. The van der Waals surface area contributed by atoms with E-state index in [9.17, 15) is 13.9 Å². The van der Waals surface area contributed by atoms with Gasteiger partial charge in [0.25, 0.3) is 6.43 Å². The molecule has 2 aliphatic heterocycles. The molecular weight excluding hydrogens is 328 g/mol. The summed E-state index contributed by atoms with van der Waals surface area (Å²) in [6.07, 6.45) is 9.78. The summed E-state index contributed by atoms with van der Waals surface area (Å²) in [5.74, 6) is 1.06. The van der Waals surface area contributed by atoms with Gasteiger partial charge in [-0.3, -0.25) is 9.69 Å². The maximum atomic E-state index is 13.6. The van der Waals surface area contributed by atoms with Crippen LogP contribution in [0.25, 0.3) is 0 Å². The molecule has 1 aromatic rings. The number of aromatic nitrogens is 2. The molecule has 0 unspecified atom stereocenters. The standard InChI is InChI=1S/C17H21F2N5O/c18-17(19)16-14(23-9-6-15-20-7-1-8-24(15)23)10-22(21-16)13-4-2-12(11-25)3-5-13/h1,6-8,10,12-13,17,25H,2-5,9,11H2. The molecule has 0 atom stereocenters. The van der Waals surface area contributed by atoms with E-state index in [4.69, 9.17) is 0 Å². The molecular formula is C17H21F2N5O. The molecule has 25 heavy (non-hydrogen) atoms. The van der Waals surface area contributed by atoms with Crippen LogP contribution in [0.2, 0.25) is 0 Å². The zero-order valence-corrected chi connectivity index (χ0v) is 13.8. The fourth-order valence-electron chi connectivity index (χ4n) is 3.73. The number of rotatable bonds is 4. The second-order valence-corrected chi connectivity index (χ2v) is 6.65. The van der Waals surface area contributed by atoms with Crippen molar-refractivity contribution in [3.05, 3.63) is 36.1 Å². The molecule has 1 saturated carbocycles. The van der Waals surface area contributed by atoms with Crippen molar-refractivity contribution in [1.82, 2.24) is 14.8 Å². The van der Waals surface area contributed by atoms with Crippen molar-refractivity contribution in [3.8, 4) is 0 Å². The Balaban J connectivity index is 1.59. The number of hydrogen-bond donors (Lipinski definition) is 1. The lowest BCUT2D eigenvalue weighted by Crippen LogP contribution is -2.34. The number of hydrogen-bond acceptors (Lipinski definition) is 5. The van der Waals surface area contributed by atoms with Crippen molar-refractivity contribution < 1.29 is 13.9 Å². The lowest BCUT2D eigenvalue weighted by molar-refractivity contribution is 0.141. The van der Waals surface area contributed by atoms with E-state index in [1.807, 2.05) is 12.3 Å². The highest BCUT2D eigenvalue weighted by Gasteiger charge is 2.32. The molecule has 4 rings (SSSR count). The summed E-state index contributed by atoms with van der Waals surface area (Å²) in [5, 5.41) is 17.0. The van der Waals surface area contributed by atoms with Crippen LogP contribution < -0.4 is 5.01 Å². The lowest BCUT2D eigenvalue weighted by Gasteiger charge is -2.30. The van der Waals surface area contributed by atoms with Crippen molar-refractivity contribution >= 4 is 11.9 Å². The predicted octanol–water partition coefficient (Wildman–Crippen LogP) is 3.02. The van der Waals surface area contributed by atoms with Crippen LogP contribution in [0.3, 0.4) is 0 Å². The molecule has 0 spiro atoms. The summed E-state index contributed by atoms with van der Waals surface area (Å²) in [6.45, 7) is 0.684. The summed E-state index contributed by atoms with van der Waals surface area (Å²) in [7, 11) is 0. The van der Waals surface area contributed by atoms with Gasteiger partial charge in [0.1, 0.15) is 11.5 Å². The number of hydrazine groups is 1. The number of aliphatic hydroxyl groups excluding tert-OH is 1. The van der Waals surface area contributed by atoms with Crippen LogP contribution >= 0.6 is 0 Å². The number of aliphatic hydroxyl groups is 1. The highest BCUT2D eigenvalue weighted by atomic mass is 19.3. The minimum Gasteiger partial charge on any atom is -0.396 e. The average Bonchev–Trinajstić information content (AvgIpc) is 3.26. The van der Waals surface area contributed by atoms with Gasteiger partial charge in [-0.2, -0.15) is 5.10 Å². The Hall–Kier alpha value is -2.22. The Kier molecular flexibility index (Phi) is 4.29. The molecule has 6 nitrogen and oxygen atoms in total. The van der Waals surface area contributed by atoms with Crippen LogP contribution in [0.5, 0.6) is 0 Å². The van der Waals surface area contributed by atoms with Gasteiger partial charge in [-0.05, 0) is 43.8 Å². The van der Waals surface area contributed by atoms with Crippen LogP contribution in [0.15, 0.2) is 35.4 Å². The van der Waals surface area contributed by atoms with Crippen molar-refractivity contribution in [2.45, 2.75) is 38.2 Å². The number of allylic oxidation sites excluding steroid dienone is 1. The third-order valence-corrected chi connectivity index (χ3v) is 5.14. The molecule has 3 aliphatic rings. The minimum atomic E-state index is -2.63. The average molecular weight is 349 g/mol. The van der Waals surface area contributed by atoms with E-state index >= 15 is 0 Å². The van der Waals surface area contributed by atoms with E-state index in [2.05, 4.69) is 10.1 Å². The fraction of sp³-hybridized carbons (Fsp3) is 0.529. The van der Waals surface area contributed by atoms with E-state index in [0.29, 0.717) is 18.2 Å². The quantitative estimate of drug-likeness (QED) is 0.908. The highest BCUT2D eigenvalue weighted by molar-refractivity contribution is 5.74. The van der Waals surface area contributed by atoms with Crippen molar-refractivity contribution in [3.63, 3.8) is 0 Å². The summed E-state index contributed by atoms with van der Waals surface area (Å²) < 4.78 is 28.9. The molecule has 0 radical (unpaired) electrons. The topological polar surface area (TPSA) is 56.9 Å². The van der Waals surface area contributed by atoms with E-state index in [-0.39, 0.29) is 18.3 Å². The van der Waals surface area contributed by atoms with Crippen LogP contribution in [0.1, 0.15) is 43.8 Å². The first kappa shape index (κ1) is 16.3. The first-order valence-electron chi connectivity index (χ1n) is 8.63. The Labute approximate surface area is 144 Å². The number of nitrogens with zero attached hydrogens (tertiary/aromatic N) is 5. The summed E-state index contributed by atoms with van der Waals surface area (Å²) in [4.78, 5) is 4.25. The molecule has 0 bridgehead atoms. The zero-order valence-electron chi connectivity index (χ0n) is 13.8. The molecule has 8 heteroatoms. The summed E-state index contributed by atoms with van der Waals surface area (Å²) >= 11 is 0. The number of anilines is 1. The maximum Gasteiger partial charge on any atom is 0.284 e. The monoisotopic (exact) mass is 349 g/mol. The number of aliphatic imine (C=N–C) groups is 1. The van der Waals surface area contributed by atoms with Crippen molar-refractivity contribution in [1.29, 1.82) is 0 Å². The van der Waals surface area contributed by atoms with E-state index < -0.39 is 6.43 Å². The van der Waals surface area contributed by atoms with Gasteiger partial charge in [0.2, 0.25) is 0 Å². The fourth-order valence-corrected chi connectivity index (χ4v) is 3.73. The molecule has 1 fully saturated rings. The molecule has 1 N–H and O–H groups in total. The van der Waals surface area contributed by atoms with Crippen LogP contribution in [0.4, 0.5) is 14.5 Å². The second kappa shape index (κ2) is 6.59. The Morgan fingerprint density at radius 3 is 2.76 bits per heavy atom. The first-order chi connectivity index (χ1) is 12.2. The van der Waals surface area contributed by atoms with Crippen LogP contribution in [-0.4, -0.2) is 39.3 Å². The minimum absolute atomic E-state index is 0.110. The van der Waals surface area contributed by atoms with Crippen molar-refractivity contribution in [2.24, 2.45) is 10.9 Å². The van der Waals surface area contributed by atoms with Crippen LogP contribution in [-0.2, 0) is 0 Å². The Morgan fingerprint density at radius 1 is 1.24 bits per heavy atom. The maximum absolute atomic E-state index is 13.6. The Bertz CT molecular complexity index is 719. The van der Waals surface area contributed by atoms with E-state index in [1.54, 1.807) is 33.2 Å². The van der Waals surface area contributed by atoms with Crippen LogP contribution in [0, 0.1) is 5.92 Å². The van der Waals surface area contributed by atoms with Gasteiger partial charge < -0.3 is 5.11 Å². The molecule has 3 heterocycles. The lowest BCUT2D eigenvalue weighted by atomic mass is 9.87. The predicted molar refractivity (Wildman–Crippen MR) is 90.2 cm³/mol. The first-order valence-corrected chi connectivity index (χ1v) is 8.63. The van der Waals surface area contributed by atoms with Gasteiger partial charge in [-0.15, -0.1) is 0 Å². The summed E-state index contributed by atoms with van der Waals surface area (Å²) in [5.41, 5.74) is 0.231. The molecule has 1 aromatic heterocycles. The van der Waals surface area contributed by atoms with Gasteiger partial charge >= 0.3 is 0 Å². The Morgan fingerprint density at radius 2 is 2.04 bits per heavy atom. The molecule has 0 amide bonds. The van der Waals surface area contributed by atoms with E-state index in [1.165, 1.54) is 0 Å². The number of halogens is 2. The zero-order chi connectivity index (χ0) is 17.4. The SMILES string of the molecule is OCC1CCC(n2cc(N3CC=C4N=CC=CN43)c(C(F)F)n2)CC1. The normalized spacial score (nSPS) is 25.7. The van der Waals surface area contributed by atoms with E-state index in [0.717, 1.165) is 31.5 Å². The molecule has 1 aliphatic carbocycles. The van der Waals surface area contributed by atoms with Gasteiger partial charge in [-0.25, -0.2) is 18.8 Å². The molecule has 134 valence electrons. The molecule has 0 aromatic carbocycles. The number of fused-ring (bicyclic) bond motifs is 1. The summed E-state index contributed by atoms with van der Waals surface area (Å²) in [6, 6.07) is 0.110. The largest absolute Gasteiger partial charge is 0.396 e. The van der Waals surface area contributed by atoms with Gasteiger partial charge in [0.15, 0.2) is 5.69 Å². The smallest absolute Gasteiger partial charge is 0.284 e. The van der Waals surface area contributed by atoms with Gasteiger partial charge in [0, 0.05) is 19.0 Å². The van der Waals surface area contributed by atoms with Crippen molar-refractivity contribution in [2.75, 3.05) is 18.2 Å². The van der Waals surface area contributed by atoms with Gasteiger partial charge in [0.05, 0.1) is 18.8 Å².